The molecule has 3 aromatic rings. The highest BCUT2D eigenvalue weighted by molar-refractivity contribution is 5.91. The number of nitrogens with one attached hydrogen (secondary N) is 2. The Kier molecular flexibility index (Phi) is 5.79. The van der Waals surface area contributed by atoms with E-state index in [4.69, 9.17) is 4.74 Å². The topological polar surface area (TPSA) is 67.6 Å². The Balaban J connectivity index is 1.70. The van der Waals surface area contributed by atoms with Gasteiger partial charge in [0.25, 0.3) is 0 Å². The second-order valence-electron chi connectivity index (χ2n) is 6.50. The van der Waals surface area contributed by atoms with Crippen LogP contribution < -0.4 is 15.5 Å². The van der Waals surface area contributed by atoms with Gasteiger partial charge in [0.1, 0.15) is 5.75 Å². The first-order valence-corrected chi connectivity index (χ1v) is 8.98. The highest BCUT2D eigenvalue weighted by atomic mass is 16.5. The second kappa shape index (κ2) is 8.43. The van der Waals surface area contributed by atoms with E-state index in [1.807, 2.05) is 75.4 Å². The number of aromatic nitrogens is 1. The third-order valence-corrected chi connectivity index (χ3v) is 4.56. The predicted molar refractivity (Wildman–Crippen MR) is 113 cm³/mol. The Morgan fingerprint density at radius 2 is 1.79 bits per heavy atom. The molecule has 0 radical (unpaired) electrons. The number of amides is 2. The van der Waals surface area contributed by atoms with Gasteiger partial charge in [-0.3, -0.25) is 0 Å². The number of hydrogen-bond donors (Lipinski definition) is 2. The minimum atomic E-state index is -0.380. The zero-order valence-electron chi connectivity index (χ0n) is 16.5. The lowest BCUT2D eigenvalue weighted by molar-refractivity contribution is 0.252. The van der Waals surface area contributed by atoms with Crippen molar-refractivity contribution in [1.29, 1.82) is 0 Å². The van der Waals surface area contributed by atoms with Gasteiger partial charge in [0.15, 0.2) is 0 Å². The second-order valence-corrected chi connectivity index (χ2v) is 6.50. The van der Waals surface area contributed by atoms with Crippen LogP contribution in [0.2, 0.25) is 0 Å². The van der Waals surface area contributed by atoms with Crippen LogP contribution in [0.5, 0.6) is 5.75 Å². The summed E-state index contributed by atoms with van der Waals surface area (Å²) in [4.78, 5) is 12.0. The summed E-state index contributed by atoms with van der Waals surface area (Å²) in [5.41, 5.74) is 8.35. The van der Waals surface area contributed by atoms with Gasteiger partial charge in [-0.1, -0.05) is 18.2 Å². The van der Waals surface area contributed by atoms with Gasteiger partial charge in [0, 0.05) is 28.3 Å². The van der Waals surface area contributed by atoms with Crippen molar-refractivity contribution in [3.05, 3.63) is 77.1 Å². The molecule has 0 aliphatic rings. The number of ether oxygens (including phenoxy) is 1. The first-order chi connectivity index (χ1) is 13.5. The van der Waals surface area contributed by atoms with E-state index >= 15 is 0 Å². The van der Waals surface area contributed by atoms with Gasteiger partial charge in [-0.2, -0.15) is 5.10 Å². The first kappa shape index (κ1) is 19.2. The number of hydrogen-bond acceptors (Lipinski definition) is 3. The molecule has 2 aromatic carbocycles. The van der Waals surface area contributed by atoms with Crippen LogP contribution in [0.25, 0.3) is 5.69 Å². The van der Waals surface area contributed by atoms with Gasteiger partial charge in [-0.05, 0) is 62.7 Å². The molecule has 0 spiro atoms. The summed E-state index contributed by atoms with van der Waals surface area (Å²) in [6.07, 6.45) is 1.65. The number of aryl methyl sites for hydroxylation is 2. The normalized spacial score (nSPS) is 10.9. The molecule has 2 amide bonds. The number of hydrazone groups is 1. The van der Waals surface area contributed by atoms with Crippen molar-refractivity contribution in [2.24, 2.45) is 5.10 Å². The molecule has 2 N–H and O–H groups in total. The Hall–Kier alpha value is -3.54. The molecule has 0 bridgehead atoms. The van der Waals surface area contributed by atoms with Crippen molar-refractivity contribution < 1.29 is 9.53 Å². The number of benzene rings is 2. The van der Waals surface area contributed by atoms with Crippen LogP contribution in [0.15, 0.2) is 59.7 Å². The van der Waals surface area contributed by atoms with E-state index in [2.05, 4.69) is 20.4 Å². The molecule has 28 heavy (non-hydrogen) atoms. The van der Waals surface area contributed by atoms with Gasteiger partial charge >= 0.3 is 6.03 Å². The smallest absolute Gasteiger partial charge is 0.339 e. The first-order valence-electron chi connectivity index (χ1n) is 8.98. The van der Waals surface area contributed by atoms with Crippen LogP contribution in [-0.4, -0.2) is 23.9 Å². The average molecular weight is 376 g/mol. The molecule has 1 aromatic heterocycles. The van der Waals surface area contributed by atoms with Gasteiger partial charge in [0.05, 0.1) is 13.3 Å². The number of urea groups is 1. The summed E-state index contributed by atoms with van der Waals surface area (Å²) in [6.45, 7) is 5.99. The van der Waals surface area contributed by atoms with Crippen LogP contribution in [0.1, 0.15) is 22.5 Å². The van der Waals surface area contributed by atoms with E-state index < -0.39 is 0 Å². The molecule has 0 saturated carbocycles. The molecule has 0 unspecified atom stereocenters. The van der Waals surface area contributed by atoms with Crippen LogP contribution in [0, 0.1) is 20.8 Å². The molecular weight excluding hydrogens is 352 g/mol. The van der Waals surface area contributed by atoms with Crippen molar-refractivity contribution >= 4 is 17.9 Å². The third-order valence-electron chi connectivity index (χ3n) is 4.56. The van der Waals surface area contributed by atoms with E-state index in [0.717, 1.165) is 39.6 Å². The average Bonchev–Trinajstić information content (AvgIpc) is 2.97. The van der Waals surface area contributed by atoms with Crippen LogP contribution in [0.3, 0.4) is 0 Å². The summed E-state index contributed by atoms with van der Waals surface area (Å²) >= 11 is 0. The SMILES string of the molecule is COc1ccc(-n2c(C)cc(C=NNC(=O)Nc3ccccc3C)c2C)cc1. The van der Waals surface area contributed by atoms with Crippen molar-refractivity contribution in [3.8, 4) is 11.4 Å². The molecule has 144 valence electrons. The molecule has 6 heteroatoms. The highest BCUT2D eigenvalue weighted by Crippen LogP contribution is 2.22. The van der Waals surface area contributed by atoms with Crippen molar-refractivity contribution in [3.63, 3.8) is 0 Å². The maximum atomic E-state index is 12.0. The van der Waals surface area contributed by atoms with E-state index in [1.54, 1.807) is 13.3 Å². The van der Waals surface area contributed by atoms with Gasteiger partial charge < -0.3 is 14.6 Å². The maximum Gasteiger partial charge on any atom is 0.339 e. The maximum absolute atomic E-state index is 12.0. The zero-order chi connectivity index (χ0) is 20.1. The molecular formula is C22H24N4O2. The van der Waals surface area contributed by atoms with E-state index in [1.165, 1.54) is 0 Å². The molecule has 0 fully saturated rings. The van der Waals surface area contributed by atoms with Crippen LogP contribution in [-0.2, 0) is 0 Å². The van der Waals surface area contributed by atoms with Crippen molar-refractivity contribution in [1.82, 2.24) is 9.99 Å². The Labute approximate surface area is 164 Å². The Morgan fingerprint density at radius 1 is 1.07 bits per heavy atom. The number of carbonyl (C=O) groups is 1. The van der Waals surface area contributed by atoms with Gasteiger partial charge in [-0.25, -0.2) is 10.2 Å². The number of methoxy groups -OCH3 is 1. The fraction of sp³-hybridized carbons (Fsp3) is 0.182. The fourth-order valence-corrected chi connectivity index (χ4v) is 3.07. The van der Waals surface area contributed by atoms with E-state index in [-0.39, 0.29) is 6.03 Å². The van der Waals surface area contributed by atoms with Crippen molar-refractivity contribution in [2.75, 3.05) is 12.4 Å². The standard InChI is InChI=1S/C22H24N4O2/c1-15-7-5-6-8-21(15)24-22(27)25-23-14-18-13-16(2)26(17(18)3)19-9-11-20(28-4)12-10-19/h5-14H,1-4H3,(H2,24,25,27). The lowest BCUT2D eigenvalue weighted by Gasteiger charge is -2.10. The monoisotopic (exact) mass is 376 g/mol. The van der Waals surface area contributed by atoms with E-state index in [9.17, 15) is 4.79 Å². The number of para-hydroxylation sites is 1. The minimum Gasteiger partial charge on any atom is -0.497 e. The van der Waals surface area contributed by atoms with E-state index in [0.29, 0.717) is 0 Å². The van der Waals surface area contributed by atoms with Crippen molar-refractivity contribution in [2.45, 2.75) is 20.8 Å². The quantitative estimate of drug-likeness (QED) is 0.506. The highest BCUT2D eigenvalue weighted by Gasteiger charge is 2.10. The molecule has 0 saturated heterocycles. The lowest BCUT2D eigenvalue weighted by Crippen LogP contribution is -2.24. The number of carbonyl (C=O) groups excluding carboxylic acids is 1. The van der Waals surface area contributed by atoms with Crippen LogP contribution >= 0.6 is 0 Å². The minimum absolute atomic E-state index is 0.380. The number of nitrogens with zero attached hydrogens (tertiary/aromatic N) is 2. The Bertz CT molecular complexity index is 1000. The van der Waals surface area contributed by atoms with Crippen LogP contribution in [0.4, 0.5) is 10.5 Å². The molecule has 3 rings (SSSR count). The number of anilines is 1. The third kappa shape index (κ3) is 4.23. The summed E-state index contributed by atoms with van der Waals surface area (Å²) in [5.74, 6) is 0.817. The Morgan fingerprint density at radius 3 is 2.46 bits per heavy atom. The molecule has 0 aliphatic carbocycles. The largest absolute Gasteiger partial charge is 0.497 e. The van der Waals surface area contributed by atoms with Gasteiger partial charge in [-0.15, -0.1) is 0 Å². The zero-order valence-corrected chi connectivity index (χ0v) is 16.5. The lowest BCUT2D eigenvalue weighted by atomic mass is 10.2. The summed E-state index contributed by atoms with van der Waals surface area (Å²) in [7, 11) is 1.65. The summed E-state index contributed by atoms with van der Waals surface area (Å²) in [6, 6.07) is 17.1. The predicted octanol–water partition coefficient (Wildman–Crippen LogP) is 4.57. The molecule has 1 heterocycles. The van der Waals surface area contributed by atoms with Gasteiger partial charge in [0.2, 0.25) is 0 Å². The fourth-order valence-electron chi connectivity index (χ4n) is 3.07. The molecule has 0 aliphatic heterocycles. The molecule has 0 atom stereocenters. The molecule has 6 nitrogen and oxygen atoms in total. The summed E-state index contributed by atoms with van der Waals surface area (Å²) < 4.78 is 7.35. The summed E-state index contributed by atoms with van der Waals surface area (Å²) in [5, 5.41) is 6.87. The number of rotatable bonds is 5.